The molecule has 3 aromatic rings. The second-order valence-electron chi connectivity index (χ2n) is 5.04. The molecule has 0 saturated carbocycles. The first-order chi connectivity index (χ1) is 11.1. The van der Waals surface area contributed by atoms with E-state index in [9.17, 15) is 4.79 Å². The van der Waals surface area contributed by atoms with Crippen molar-refractivity contribution in [3.8, 4) is 0 Å². The molecule has 6 heteroatoms. The Kier molecular flexibility index (Phi) is 4.69. The summed E-state index contributed by atoms with van der Waals surface area (Å²) in [5.41, 5.74) is 1.70. The minimum atomic E-state index is -0.225. The number of nitrogens with one attached hydrogen (secondary N) is 1. The Morgan fingerprint density at radius 3 is 2.48 bits per heavy atom. The Balaban J connectivity index is 1.72. The third-order valence-corrected chi connectivity index (χ3v) is 4.71. The summed E-state index contributed by atoms with van der Waals surface area (Å²) >= 11 is 7.20. The van der Waals surface area contributed by atoms with E-state index in [0.717, 1.165) is 5.01 Å². The van der Waals surface area contributed by atoms with Crippen LogP contribution in [0.5, 0.6) is 0 Å². The van der Waals surface area contributed by atoms with Crippen molar-refractivity contribution in [3.63, 3.8) is 0 Å². The van der Waals surface area contributed by atoms with Gasteiger partial charge in [0.2, 0.25) is 5.13 Å². The van der Waals surface area contributed by atoms with Crippen LogP contribution >= 0.6 is 22.9 Å². The van der Waals surface area contributed by atoms with Crippen molar-refractivity contribution in [1.82, 2.24) is 10.2 Å². The van der Waals surface area contributed by atoms with Crippen molar-refractivity contribution in [2.75, 3.05) is 5.32 Å². The summed E-state index contributed by atoms with van der Waals surface area (Å²) in [5, 5.41) is 13.0. The van der Waals surface area contributed by atoms with Crippen molar-refractivity contribution in [3.05, 3.63) is 75.8 Å². The maximum absolute atomic E-state index is 12.2. The van der Waals surface area contributed by atoms with Crippen LogP contribution in [-0.4, -0.2) is 16.1 Å². The van der Waals surface area contributed by atoms with E-state index in [4.69, 9.17) is 11.6 Å². The number of benzene rings is 2. The van der Waals surface area contributed by atoms with Crippen molar-refractivity contribution in [2.45, 2.75) is 12.8 Å². The molecule has 0 aliphatic heterocycles. The molecule has 0 fully saturated rings. The number of aromatic nitrogens is 2. The number of hydrogen-bond donors (Lipinski definition) is 1. The molecule has 1 atom stereocenters. The summed E-state index contributed by atoms with van der Waals surface area (Å²) in [6.07, 6.45) is 0. The first kappa shape index (κ1) is 15.6. The van der Waals surface area contributed by atoms with Gasteiger partial charge in [-0.25, -0.2) is 0 Å². The average molecular weight is 344 g/mol. The Morgan fingerprint density at radius 2 is 1.78 bits per heavy atom. The smallest absolute Gasteiger partial charge is 0.257 e. The maximum atomic E-state index is 12.2. The van der Waals surface area contributed by atoms with Gasteiger partial charge in [0.25, 0.3) is 5.91 Å². The molecule has 2 aromatic carbocycles. The van der Waals surface area contributed by atoms with E-state index in [1.807, 2.05) is 18.2 Å². The Hall–Kier alpha value is -2.24. The van der Waals surface area contributed by atoms with Crippen molar-refractivity contribution in [1.29, 1.82) is 0 Å². The lowest BCUT2D eigenvalue weighted by atomic mass is 10.0. The molecule has 0 radical (unpaired) electrons. The molecule has 1 N–H and O–H groups in total. The molecule has 4 nitrogen and oxygen atoms in total. The summed E-state index contributed by atoms with van der Waals surface area (Å²) in [7, 11) is 0. The van der Waals surface area contributed by atoms with E-state index in [1.54, 1.807) is 24.3 Å². The number of rotatable bonds is 4. The average Bonchev–Trinajstić information content (AvgIpc) is 3.04. The summed E-state index contributed by atoms with van der Waals surface area (Å²) in [6, 6.07) is 16.8. The van der Waals surface area contributed by atoms with Gasteiger partial charge in [-0.2, -0.15) is 0 Å². The van der Waals surface area contributed by atoms with Crippen LogP contribution in [0.2, 0.25) is 5.02 Å². The minimum Gasteiger partial charge on any atom is -0.296 e. The van der Waals surface area contributed by atoms with Gasteiger partial charge in [0.15, 0.2) is 0 Å². The second kappa shape index (κ2) is 6.89. The van der Waals surface area contributed by atoms with E-state index in [-0.39, 0.29) is 11.8 Å². The van der Waals surface area contributed by atoms with Gasteiger partial charge in [-0.1, -0.05) is 60.2 Å². The number of hydrogen-bond acceptors (Lipinski definition) is 4. The van der Waals surface area contributed by atoms with Gasteiger partial charge in [0.05, 0.1) is 0 Å². The van der Waals surface area contributed by atoms with Gasteiger partial charge in [-0.15, -0.1) is 10.2 Å². The summed E-state index contributed by atoms with van der Waals surface area (Å²) in [6.45, 7) is 2.07. The van der Waals surface area contributed by atoms with Crippen LogP contribution in [0.25, 0.3) is 0 Å². The van der Waals surface area contributed by atoms with Gasteiger partial charge in [0.1, 0.15) is 5.01 Å². The lowest BCUT2D eigenvalue weighted by molar-refractivity contribution is 0.102. The Morgan fingerprint density at radius 1 is 1.09 bits per heavy atom. The Labute approximate surface area is 143 Å². The van der Waals surface area contributed by atoms with Crippen LogP contribution in [-0.2, 0) is 0 Å². The van der Waals surface area contributed by atoms with Crippen LogP contribution < -0.4 is 5.32 Å². The fourth-order valence-electron chi connectivity index (χ4n) is 2.11. The third kappa shape index (κ3) is 3.75. The second-order valence-corrected chi connectivity index (χ2v) is 6.48. The highest BCUT2D eigenvalue weighted by Crippen LogP contribution is 2.28. The monoisotopic (exact) mass is 343 g/mol. The maximum Gasteiger partial charge on any atom is 0.257 e. The largest absolute Gasteiger partial charge is 0.296 e. The zero-order valence-corrected chi connectivity index (χ0v) is 13.9. The van der Waals surface area contributed by atoms with E-state index < -0.39 is 0 Å². The lowest BCUT2D eigenvalue weighted by Gasteiger charge is -2.06. The quantitative estimate of drug-likeness (QED) is 0.753. The first-order valence-electron chi connectivity index (χ1n) is 7.09. The molecule has 0 aliphatic rings. The van der Waals surface area contributed by atoms with E-state index in [1.165, 1.54) is 16.9 Å². The molecule has 116 valence electrons. The van der Waals surface area contributed by atoms with Crippen LogP contribution in [0.1, 0.15) is 33.8 Å². The number of halogens is 1. The molecular formula is C17H14ClN3OS. The number of amides is 1. The topological polar surface area (TPSA) is 54.9 Å². The minimum absolute atomic E-state index is 0.134. The van der Waals surface area contributed by atoms with Crippen LogP contribution in [0.15, 0.2) is 54.6 Å². The number of carbonyl (C=O) groups excluding carboxylic acids is 1. The molecule has 1 amide bonds. The fourth-order valence-corrected chi connectivity index (χ4v) is 3.06. The zero-order chi connectivity index (χ0) is 16.2. The predicted octanol–water partition coefficient (Wildman–Crippen LogP) is 4.60. The van der Waals surface area contributed by atoms with Crippen LogP contribution in [0, 0.1) is 0 Å². The van der Waals surface area contributed by atoms with E-state index in [2.05, 4.69) is 34.6 Å². The molecule has 23 heavy (non-hydrogen) atoms. The standard InChI is InChI=1S/C17H14ClN3OS/c1-11(12-5-3-2-4-6-12)16-20-21-17(23-16)19-15(22)13-7-9-14(18)10-8-13/h2-11H,1H3,(H,19,21,22)/t11-/m0/s1. The van der Waals surface area contributed by atoms with Gasteiger partial charge >= 0.3 is 0 Å². The van der Waals surface area contributed by atoms with E-state index >= 15 is 0 Å². The molecule has 0 saturated heterocycles. The van der Waals surface area contributed by atoms with Crippen LogP contribution in [0.4, 0.5) is 5.13 Å². The molecular weight excluding hydrogens is 330 g/mol. The SMILES string of the molecule is C[C@@H](c1ccccc1)c1nnc(NC(=O)c2ccc(Cl)cc2)s1. The predicted molar refractivity (Wildman–Crippen MR) is 93.3 cm³/mol. The lowest BCUT2D eigenvalue weighted by Crippen LogP contribution is -2.11. The number of carbonyl (C=O) groups is 1. The molecule has 1 heterocycles. The summed E-state index contributed by atoms with van der Waals surface area (Å²) < 4.78 is 0. The van der Waals surface area contributed by atoms with Crippen molar-refractivity contribution in [2.24, 2.45) is 0 Å². The summed E-state index contributed by atoms with van der Waals surface area (Å²) in [4.78, 5) is 12.2. The molecule has 0 bridgehead atoms. The molecule has 3 rings (SSSR count). The number of nitrogens with zero attached hydrogens (tertiary/aromatic N) is 2. The van der Waals surface area contributed by atoms with Gasteiger partial charge < -0.3 is 0 Å². The van der Waals surface area contributed by atoms with Gasteiger partial charge in [-0.05, 0) is 29.8 Å². The normalized spacial score (nSPS) is 11.9. The molecule has 0 aliphatic carbocycles. The first-order valence-corrected chi connectivity index (χ1v) is 8.28. The highest BCUT2D eigenvalue weighted by molar-refractivity contribution is 7.15. The Bertz CT molecular complexity index is 802. The highest BCUT2D eigenvalue weighted by atomic mass is 35.5. The number of anilines is 1. The molecule has 1 aromatic heterocycles. The van der Waals surface area contributed by atoms with E-state index in [0.29, 0.717) is 15.7 Å². The molecule has 0 unspecified atom stereocenters. The zero-order valence-electron chi connectivity index (χ0n) is 12.4. The fraction of sp³-hybridized carbons (Fsp3) is 0.118. The van der Waals surface area contributed by atoms with Crippen molar-refractivity contribution < 1.29 is 4.79 Å². The summed E-state index contributed by atoms with van der Waals surface area (Å²) in [5.74, 6) is -0.0911. The third-order valence-electron chi connectivity index (χ3n) is 3.44. The van der Waals surface area contributed by atoms with Crippen molar-refractivity contribution >= 4 is 34.0 Å². The van der Waals surface area contributed by atoms with Gasteiger partial charge in [-0.3, -0.25) is 10.1 Å². The molecule has 0 spiro atoms. The highest BCUT2D eigenvalue weighted by Gasteiger charge is 2.15. The van der Waals surface area contributed by atoms with Crippen LogP contribution in [0.3, 0.4) is 0 Å². The van der Waals surface area contributed by atoms with Gasteiger partial charge in [0, 0.05) is 16.5 Å².